The lowest BCUT2D eigenvalue weighted by molar-refractivity contribution is -0.870. The Labute approximate surface area is 147 Å². The summed E-state index contributed by atoms with van der Waals surface area (Å²) in [6.45, 7) is 3.00. The van der Waals surface area contributed by atoms with Crippen LogP contribution in [0, 0.1) is 0 Å². The number of likely N-dealkylation sites (N-methyl/N-ethyl adjacent to an activating group) is 1. The number of ether oxygens (including phenoxy) is 3. The van der Waals surface area contributed by atoms with Gasteiger partial charge in [-0.05, 0) is 25.8 Å². The molecule has 25 heavy (non-hydrogen) atoms. The second-order valence-corrected chi connectivity index (χ2v) is 6.97. The second kappa shape index (κ2) is 9.69. The van der Waals surface area contributed by atoms with Crippen LogP contribution in [0.15, 0.2) is 0 Å². The quantitative estimate of drug-likeness (QED) is 0.311. The Hall–Kier alpha value is -1.71. The number of quaternary nitrogens is 1. The Morgan fingerprint density at radius 2 is 1.92 bits per heavy atom. The zero-order valence-electron chi connectivity index (χ0n) is 15.3. The first kappa shape index (κ1) is 21.3. The van der Waals surface area contributed by atoms with Gasteiger partial charge < -0.3 is 29.1 Å². The molecule has 9 heteroatoms. The molecular weight excluding hydrogens is 332 g/mol. The average Bonchev–Trinajstić information content (AvgIpc) is 3.04. The van der Waals surface area contributed by atoms with Crippen molar-refractivity contribution in [3.63, 3.8) is 0 Å². The van der Waals surface area contributed by atoms with Crippen LogP contribution in [0.1, 0.15) is 26.2 Å². The Morgan fingerprint density at radius 1 is 1.24 bits per heavy atom. The molecule has 1 heterocycles. The third-order valence-corrected chi connectivity index (χ3v) is 3.70. The van der Waals surface area contributed by atoms with E-state index in [4.69, 9.17) is 19.3 Å². The lowest BCUT2D eigenvalue weighted by Gasteiger charge is -2.25. The number of carboxylic acid groups (broad SMARTS) is 1. The minimum Gasteiger partial charge on any atom is -0.479 e. The first-order valence-corrected chi connectivity index (χ1v) is 8.43. The first-order valence-electron chi connectivity index (χ1n) is 8.43. The molecule has 1 saturated heterocycles. The normalized spacial score (nSPS) is 19.9. The van der Waals surface area contributed by atoms with Crippen molar-refractivity contribution in [2.24, 2.45) is 0 Å². The number of hydrogen-bond donors (Lipinski definition) is 2. The summed E-state index contributed by atoms with van der Waals surface area (Å²) in [5, 5.41) is 12.0. The summed E-state index contributed by atoms with van der Waals surface area (Å²) in [5.41, 5.74) is 0. The fourth-order valence-electron chi connectivity index (χ4n) is 2.16. The lowest BCUT2D eigenvalue weighted by Crippen LogP contribution is -2.43. The minimum atomic E-state index is -1.57. The third-order valence-electron chi connectivity index (χ3n) is 3.70. The average molecular weight is 361 g/mol. The maximum absolute atomic E-state index is 12.2. The maximum Gasteiger partial charge on any atom is 0.377 e. The highest BCUT2D eigenvalue weighted by atomic mass is 16.7. The number of carbonyl (C=O) groups excluding carboxylic acids is 2. The van der Waals surface area contributed by atoms with Crippen LogP contribution in [0.25, 0.3) is 0 Å². The van der Waals surface area contributed by atoms with Crippen LogP contribution in [0.3, 0.4) is 0 Å². The van der Waals surface area contributed by atoms with E-state index in [9.17, 15) is 14.4 Å². The summed E-state index contributed by atoms with van der Waals surface area (Å²) in [6, 6.07) is -0.487. The standard InChI is InChI=1S/C16H28N2O7/c1-5-12(13(19)20)24-15(22)16(23-10-9-18(2,3)4)25-14(21)11-7-6-8-17-11/h11-12,16-17H,5-10H2,1-4H3/p+1/t11-,12?,16?/m0/s1. The van der Waals surface area contributed by atoms with E-state index in [1.165, 1.54) is 0 Å². The molecule has 1 aliphatic heterocycles. The minimum absolute atomic E-state index is 0.102. The van der Waals surface area contributed by atoms with Crippen LogP contribution < -0.4 is 5.32 Å². The van der Waals surface area contributed by atoms with Crippen LogP contribution in [-0.2, 0) is 28.6 Å². The Kier molecular flexibility index (Phi) is 8.27. The number of rotatable bonds is 10. The van der Waals surface area contributed by atoms with Gasteiger partial charge in [-0.2, -0.15) is 0 Å². The summed E-state index contributed by atoms with van der Waals surface area (Å²) in [6.07, 6.45) is -1.32. The van der Waals surface area contributed by atoms with Crippen molar-refractivity contribution in [2.45, 2.75) is 44.6 Å². The largest absolute Gasteiger partial charge is 0.479 e. The molecular formula is C16H29N2O7+. The zero-order valence-corrected chi connectivity index (χ0v) is 15.3. The van der Waals surface area contributed by atoms with E-state index in [2.05, 4.69) is 5.32 Å². The predicted octanol–water partition coefficient (Wildman–Crippen LogP) is -0.263. The monoisotopic (exact) mass is 361 g/mol. The molecule has 2 N–H and O–H groups in total. The smallest absolute Gasteiger partial charge is 0.377 e. The summed E-state index contributed by atoms with van der Waals surface area (Å²) in [5.74, 6) is -2.88. The van der Waals surface area contributed by atoms with Crippen molar-refractivity contribution in [3.05, 3.63) is 0 Å². The molecule has 1 rings (SSSR count). The van der Waals surface area contributed by atoms with E-state index in [1.807, 2.05) is 21.1 Å². The van der Waals surface area contributed by atoms with Crippen LogP contribution in [0.4, 0.5) is 0 Å². The van der Waals surface area contributed by atoms with Crippen molar-refractivity contribution in [3.8, 4) is 0 Å². The van der Waals surface area contributed by atoms with E-state index in [-0.39, 0.29) is 13.0 Å². The summed E-state index contributed by atoms with van der Waals surface area (Å²) in [4.78, 5) is 35.4. The Morgan fingerprint density at radius 3 is 2.40 bits per heavy atom. The molecule has 0 radical (unpaired) electrons. The van der Waals surface area contributed by atoms with Gasteiger partial charge in [-0.3, -0.25) is 4.79 Å². The van der Waals surface area contributed by atoms with Crippen molar-refractivity contribution in [1.82, 2.24) is 5.32 Å². The van der Waals surface area contributed by atoms with E-state index in [0.717, 1.165) is 6.42 Å². The molecule has 1 aliphatic rings. The summed E-state index contributed by atoms with van der Waals surface area (Å²) < 4.78 is 16.0. The van der Waals surface area contributed by atoms with Crippen LogP contribution in [0.5, 0.6) is 0 Å². The van der Waals surface area contributed by atoms with Gasteiger partial charge in [0.15, 0.2) is 6.10 Å². The molecule has 0 aromatic rings. The topological polar surface area (TPSA) is 111 Å². The van der Waals surface area contributed by atoms with Gasteiger partial charge in [0.2, 0.25) is 0 Å². The van der Waals surface area contributed by atoms with Crippen LogP contribution in [-0.4, -0.2) is 86.8 Å². The highest BCUT2D eigenvalue weighted by molar-refractivity contribution is 5.83. The van der Waals surface area contributed by atoms with Gasteiger partial charge in [0, 0.05) is 0 Å². The van der Waals surface area contributed by atoms with E-state index < -0.39 is 36.3 Å². The molecule has 0 amide bonds. The first-order chi connectivity index (χ1) is 11.6. The molecule has 1 fully saturated rings. The van der Waals surface area contributed by atoms with E-state index in [1.54, 1.807) is 6.92 Å². The van der Waals surface area contributed by atoms with Crippen LogP contribution in [0.2, 0.25) is 0 Å². The van der Waals surface area contributed by atoms with Crippen molar-refractivity contribution >= 4 is 17.9 Å². The van der Waals surface area contributed by atoms with Crippen molar-refractivity contribution < 1.29 is 38.2 Å². The lowest BCUT2D eigenvalue weighted by atomic mass is 10.2. The Bertz CT molecular complexity index is 470. The van der Waals surface area contributed by atoms with Crippen molar-refractivity contribution in [2.75, 3.05) is 40.8 Å². The third kappa shape index (κ3) is 7.80. The number of nitrogens with one attached hydrogen (secondary N) is 1. The Balaban J connectivity index is 2.69. The molecule has 144 valence electrons. The second-order valence-electron chi connectivity index (χ2n) is 6.97. The predicted molar refractivity (Wildman–Crippen MR) is 87.6 cm³/mol. The molecule has 3 atom stereocenters. The van der Waals surface area contributed by atoms with E-state index >= 15 is 0 Å². The van der Waals surface area contributed by atoms with Crippen molar-refractivity contribution in [1.29, 1.82) is 0 Å². The number of aliphatic carboxylic acids is 1. The molecule has 0 aliphatic carbocycles. The van der Waals surface area contributed by atoms with Gasteiger partial charge in [0.25, 0.3) is 0 Å². The molecule has 0 saturated carbocycles. The van der Waals surface area contributed by atoms with Gasteiger partial charge in [0.1, 0.15) is 19.2 Å². The maximum atomic E-state index is 12.2. The van der Waals surface area contributed by atoms with Gasteiger partial charge in [0.05, 0.1) is 21.1 Å². The van der Waals surface area contributed by atoms with Gasteiger partial charge >= 0.3 is 24.2 Å². The van der Waals surface area contributed by atoms with E-state index in [0.29, 0.717) is 24.0 Å². The van der Waals surface area contributed by atoms with Gasteiger partial charge in [-0.25, -0.2) is 9.59 Å². The SMILES string of the molecule is CCC(OC(=O)C(OCC[N+](C)(C)C)OC(=O)[C@@H]1CCCN1)C(=O)O. The van der Waals surface area contributed by atoms with Gasteiger partial charge in [-0.1, -0.05) is 6.92 Å². The number of carboxylic acids is 1. The highest BCUT2D eigenvalue weighted by Gasteiger charge is 2.33. The molecule has 0 bridgehead atoms. The van der Waals surface area contributed by atoms with Crippen LogP contribution >= 0.6 is 0 Å². The molecule has 0 spiro atoms. The van der Waals surface area contributed by atoms with Gasteiger partial charge in [-0.15, -0.1) is 0 Å². The summed E-state index contributed by atoms with van der Waals surface area (Å²) >= 11 is 0. The molecule has 0 aromatic heterocycles. The number of carbonyl (C=O) groups is 3. The fourth-order valence-corrected chi connectivity index (χ4v) is 2.16. The number of nitrogens with zero attached hydrogens (tertiary/aromatic N) is 1. The fraction of sp³-hybridized carbons (Fsp3) is 0.812. The number of esters is 2. The zero-order chi connectivity index (χ0) is 19.0. The number of hydrogen-bond acceptors (Lipinski definition) is 7. The molecule has 0 aromatic carbocycles. The highest BCUT2D eigenvalue weighted by Crippen LogP contribution is 2.11. The summed E-state index contributed by atoms with van der Waals surface area (Å²) in [7, 11) is 5.84. The molecule has 2 unspecified atom stereocenters. The molecule has 9 nitrogen and oxygen atoms in total.